The zero-order valence-corrected chi connectivity index (χ0v) is 11.9. The van der Waals surface area contributed by atoms with Crippen molar-refractivity contribution in [1.29, 1.82) is 0 Å². The monoisotopic (exact) mass is 305 g/mol. The average Bonchev–Trinajstić information content (AvgIpc) is 2.74. The van der Waals surface area contributed by atoms with E-state index in [1.165, 1.54) is 30.5 Å². The van der Waals surface area contributed by atoms with Crippen molar-refractivity contribution in [2.75, 3.05) is 0 Å². The summed E-state index contributed by atoms with van der Waals surface area (Å²) in [5.74, 6) is 0.820. The summed E-state index contributed by atoms with van der Waals surface area (Å²) in [6.45, 7) is 2.32. The molecule has 2 aromatic rings. The van der Waals surface area contributed by atoms with Gasteiger partial charge in [-0.25, -0.2) is 0 Å². The molecule has 0 bridgehead atoms. The highest BCUT2D eigenvalue weighted by molar-refractivity contribution is 7.14. The summed E-state index contributed by atoms with van der Waals surface area (Å²) in [5, 5.41) is 2.11. The maximum atomic E-state index is 8.60. The van der Waals surface area contributed by atoms with E-state index in [4.69, 9.17) is 18.6 Å². The number of rotatable bonds is 0. The van der Waals surface area contributed by atoms with Crippen LogP contribution >= 0.6 is 11.3 Å². The number of aromatic nitrogens is 2. The third kappa shape index (κ3) is 4.07. The van der Waals surface area contributed by atoms with E-state index in [2.05, 4.69) is 34.1 Å². The molecule has 6 nitrogen and oxygen atoms in total. The minimum absolute atomic E-state index is 0.820. The number of thiazole rings is 1. The van der Waals surface area contributed by atoms with Crippen LogP contribution in [0.4, 0.5) is 0 Å². The van der Waals surface area contributed by atoms with E-state index in [1.807, 2.05) is 0 Å². The number of halogens is 1. The van der Waals surface area contributed by atoms with Crippen molar-refractivity contribution < 1.29 is 33.3 Å². The van der Waals surface area contributed by atoms with Crippen LogP contribution in [0.3, 0.4) is 0 Å². The lowest BCUT2D eigenvalue weighted by Crippen LogP contribution is -2.58. The summed E-state index contributed by atoms with van der Waals surface area (Å²) < 4.78 is 35.0. The van der Waals surface area contributed by atoms with Gasteiger partial charge in [-0.15, -0.1) is 0 Å². The Morgan fingerprint density at radius 3 is 2.84 bits per heavy atom. The van der Waals surface area contributed by atoms with E-state index in [0.717, 1.165) is 10.9 Å². The maximum Gasteiger partial charge on any atom is 0.387 e. The standard InChI is InChI=1S/C11H13N2S.ClHO4/c1-8-2-3-10-9(6-8)7-12-11-13(10)4-5-14-11;2-1(3,4)5/h4-5,7-8H,2-3,6H2,1H3;(H,2,3,4,5)/q+1;. The van der Waals surface area contributed by atoms with Gasteiger partial charge >= 0.3 is 4.96 Å². The molecule has 3 rings (SSSR count). The quantitative estimate of drug-likeness (QED) is 0.560. The van der Waals surface area contributed by atoms with E-state index in [-0.39, 0.29) is 0 Å². The van der Waals surface area contributed by atoms with Gasteiger partial charge in [0, 0.05) is 17.4 Å². The van der Waals surface area contributed by atoms with Crippen LogP contribution in [-0.2, 0) is 12.8 Å². The van der Waals surface area contributed by atoms with Crippen LogP contribution < -0.4 is 18.4 Å². The van der Waals surface area contributed by atoms with Crippen molar-refractivity contribution in [3.8, 4) is 0 Å². The zero-order chi connectivity index (χ0) is 14.0. The Balaban J connectivity index is 0.000000232. The van der Waals surface area contributed by atoms with Gasteiger partial charge in [0.05, 0.1) is 14.9 Å². The minimum Gasteiger partial charge on any atom is -0.190 e. The molecule has 19 heavy (non-hydrogen) atoms. The lowest BCUT2D eigenvalue weighted by molar-refractivity contribution is -1.92. The predicted octanol–water partition coefficient (Wildman–Crippen LogP) is -2.12. The second kappa shape index (κ2) is 5.66. The number of nitrogens with zero attached hydrogens (tertiary/aromatic N) is 2. The fourth-order valence-electron chi connectivity index (χ4n) is 2.25. The van der Waals surface area contributed by atoms with E-state index >= 15 is 0 Å². The van der Waals surface area contributed by atoms with E-state index in [1.54, 1.807) is 11.3 Å². The molecule has 0 saturated carbocycles. The van der Waals surface area contributed by atoms with Crippen LogP contribution in [0.25, 0.3) is 4.96 Å². The van der Waals surface area contributed by atoms with Crippen molar-refractivity contribution in [2.45, 2.75) is 26.2 Å². The largest absolute Gasteiger partial charge is 0.387 e. The summed E-state index contributed by atoms with van der Waals surface area (Å²) in [5.41, 5.74) is 2.93. The van der Waals surface area contributed by atoms with Crippen molar-refractivity contribution in [2.24, 2.45) is 5.92 Å². The lowest BCUT2D eigenvalue weighted by Gasteiger charge is -2.17. The van der Waals surface area contributed by atoms with Gasteiger partial charge in [0.25, 0.3) is 0 Å². The fraction of sp³-hybridized carbons (Fsp3) is 0.455. The Morgan fingerprint density at radius 2 is 2.16 bits per heavy atom. The van der Waals surface area contributed by atoms with E-state index < -0.39 is 10.2 Å². The van der Waals surface area contributed by atoms with Gasteiger partial charge < -0.3 is 0 Å². The first-order chi connectivity index (χ1) is 8.84. The smallest absolute Gasteiger partial charge is 0.190 e. The van der Waals surface area contributed by atoms with Crippen LogP contribution in [0.5, 0.6) is 0 Å². The SMILES string of the molecule is CC1CCc2c(cnc3scc[n+]23)C1.[O-][Cl+3]([O-])([O-])O. The summed E-state index contributed by atoms with van der Waals surface area (Å²) >= 11 is 1.71. The third-order valence-corrected chi connectivity index (χ3v) is 3.79. The van der Waals surface area contributed by atoms with E-state index in [0.29, 0.717) is 0 Å². The molecule has 0 aliphatic heterocycles. The predicted molar refractivity (Wildman–Crippen MR) is 58.7 cm³/mol. The molecule has 1 aliphatic carbocycles. The van der Waals surface area contributed by atoms with Gasteiger partial charge in [-0.05, 0) is 23.7 Å². The highest BCUT2D eigenvalue weighted by Gasteiger charge is 2.22. The second-order valence-electron chi connectivity index (χ2n) is 4.53. The molecule has 1 atom stereocenters. The molecule has 1 unspecified atom stereocenters. The molecule has 0 saturated heterocycles. The average molecular weight is 306 g/mol. The van der Waals surface area contributed by atoms with Crippen molar-refractivity contribution >= 4 is 16.3 Å². The Morgan fingerprint density at radius 1 is 1.47 bits per heavy atom. The molecular weight excluding hydrogens is 292 g/mol. The molecule has 0 fully saturated rings. The molecule has 8 heteroatoms. The topological polar surface area (TPSA) is 106 Å². The van der Waals surface area contributed by atoms with Crippen LogP contribution in [0, 0.1) is 16.2 Å². The molecule has 2 aromatic heterocycles. The van der Waals surface area contributed by atoms with Gasteiger partial charge in [-0.3, -0.25) is 0 Å². The minimum atomic E-state index is -4.69. The molecule has 0 amide bonds. The lowest BCUT2D eigenvalue weighted by atomic mass is 9.89. The maximum absolute atomic E-state index is 8.60. The Bertz CT molecular complexity index is 563. The van der Waals surface area contributed by atoms with Gasteiger partial charge in [0.2, 0.25) is 0 Å². The first kappa shape index (κ1) is 14.6. The van der Waals surface area contributed by atoms with E-state index in [9.17, 15) is 0 Å². The van der Waals surface area contributed by atoms with Crippen LogP contribution in [0.15, 0.2) is 17.8 Å². The highest BCUT2D eigenvalue weighted by atomic mass is 35.7. The Kier molecular flexibility index (Phi) is 4.34. The molecule has 1 aliphatic rings. The second-order valence-corrected chi connectivity index (χ2v) is 6.19. The Hall–Kier alpha value is -0.830. The number of aryl methyl sites for hydroxylation is 1. The normalized spacial score (nSPS) is 18.7. The summed E-state index contributed by atoms with van der Waals surface area (Å²) in [6.07, 6.45) is 7.92. The van der Waals surface area contributed by atoms with Gasteiger partial charge in [-0.1, -0.05) is 18.3 Å². The number of fused-ring (bicyclic) bond motifs is 3. The molecule has 0 spiro atoms. The third-order valence-electron chi connectivity index (χ3n) is 3.02. The fourth-order valence-corrected chi connectivity index (χ4v) is 2.95. The van der Waals surface area contributed by atoms with Crippen LogP contribution in [0.2, 0.25) is 0 Å². The molecule has 1 N–H and O–H groups in total. The Labute approximate surface area is 116 Å². The van der Waals surface area contributed by atoms with Gasteiger partial charge in [0.1, 0.15) is 18.1 Å². The zero-order valence-electron chi connectivity index (χ0n) is 10.3. The molecule has 2 heterocycles. The summed E-state index contributed by atoms with van der Waals surface area (Å²) in [6, 6.07) is 0. The van der Waals surface area contributed by atoms with Gasteiger partial charge in [-0.2, -0.15) is 18.4 Å². The molecule has 0 aromatic carbocycles. The summed E-state index contributed by atoms with van der Waals surface area (Å²) in [4.78, 5) is 5.59. The number of hydrogen-bond donors (Lipinski definition) is 1. The molecule has 0 radical (unpaired) electrons. The number of hydrogen-bond acceptors (Lipinski definition) is 6. The summed E-state index contributed by atoms with van der Waals surface area (Å²) in [7, 11) is -4.69. The van der Waals surface area contributed by atoms with Crippen LogP contribution in [0.1, 0.15) is 24.6 Å². The van der Waals surface area contributed by atoms with Gasteiger partial charge in [0.15, 0.2) is 0 Å². The first-order valence-electron chi connectivity index (χ1n) is 5.73. The molecular formula is C11H14ClN2O4S+. The first-order valence-corrected chi connectivity index (χ1v) is 7.88. The van der Waals surface area contributed by atoms with Crippen molar-refractivity contribution in [3.63, 3.8) is 0 Å². The van der Waals surface area contributed by atoms with Crippen molar-refractivity contribution in [3.05, 3.63) is 29.0 Å². The molecule has 104 valence electrons. The van der Waals surface area contributed by atoms with Crippen molar-refractivity contribution in [1.82, 2.24) is 4.98 Å². The highest BCUT2D eigenvalue weighted by Crippen LogP contribution is 2.22. The van der Waals surface area contributed by atoms with Crippen LogP contribution in [-0.4, -0.2) is 9.64 Å².